The molecule has 78 valence electrons. The second-order valence-electron chi connectivity index (χ2n) is 3.99. The fraction of sp³-hybridized carbons (Fsp3) is 0.818. The van der Waals surface area contributed by atoms with Crippen LogP contribution in [0.4, 0.5) is 0 Å². The summed E-state index contributed by atoms with van der Waals surface area (Å²) in [5.41, 5.74) is -0.635. The largest absolute Gasteiger partial charge is 0.341 e. The molecule has 0 aromatic rings. The Morgan fingerprint density at radius 3 is 2.14 bits per heavy atom. The molecule has 0 aromatic carbocycles. The third kappa shape index (κ3) is 2.06. The average molecular weight is 194 g/mol. The van der Waals surface area contributed by atoms with Gasteiger partial charge in [-0.3, -0.25) is 4.79 Å². The smallest absolute Gasteiger partial charge is 0.243 e. The number of hydrogen-bond acceptors (Lipinski definition) is 2. The van der Waals surface area contributed by atoms with Gasteiger partial charge < -0.3 is 4.90 Å². The zero-order chi connectivity index (χ0) is 10.6. The van der Waals surface area contributed by atoms with Crippen LogP contribution in [-0.4, -0.2) is 23.9 Å². The summed E-state index contributed by atoms with van der Waals surface area (Å²) < 4.78 is 0. The molecule has 14 heavy (non-hydrogen) atoms. The topological polar surface area (TPSA) is 44.1 Å². The van der Waals surface area contributed by atoms with Crippen LogP contribution < -0.4 is 0 Å². The van der Waals surface area contributed by atoms with Crippen LogP contribution in [0.5, 0.6) is 0 Å². The molecule has 0 radical (unpaired) electrons. The molecule has 1 aliphatic carbocycles. The first-order valence-electron chi connectivity index (χ1n) is 5.41. The summed E-state index contributed by atoms with van der Waals surface area (Å²) >= 11 is 0. The molecular formula is C11H18N2O. The Morgan fingerprint density at radius 2 is 1.86 bits per heavy atom. The molecule has 3 nitrogen and oxygen atoms in total. The van der Waals surface area contributed by atoms with E-state index in [0.717, 1.165) is 38.8 Å². The van der Waals surface area contributed by atoms with Crippen molar-refractivity contribution in [3.63, 3.8) is 0 Å². The molecule has 0 spiro atoms. The van der Waals surface area contributed by atoms with E-state index in [0.29, 0.717) is 0 Å². The molecule has 0 aromatic heterocycles. The average Bonchev–Trinajstić information content (AvgIpc) is 2.97. The van der Waals surface area contributed by atoms with Crippen molar-refractivity contribution < 1.29 is 4.79 Å². The summed E-state index contributed by atoms with van der Waals surface area (Å²) in [5.74, 6) is 0.0590. The van der Waals surface area contributed by atoms with Crippen molar-refractivity contribution in [2.75, 3.05) is 13.1 Å². The van der Waals surface area contributed by atoms with Crippen LogP contribution in [0.2, 0.25) is 0 Å². The number of nitrogens with zero attached hydrogens (tertiary/aromatic N) is 2. The first-order valence-corrected chi connectivity index (χ1v) is 5.41. The quantitative estimate of drug-likeness (QED) is 0.671. The lowest BCUT2D eigenvalue weighted by molar-refractivity contribution is -0.135. The van der Waals surface area contributed by atoms with E-state index < -0.39 is 5.41 Å². The van der Waals surface area contributed by atoms with Gasteiger partial charge in [0, 0.05) is 13.1 Å². The number of carbonyl (C=O) groups excluding carboxylic acids is 1. The van der Waals surface area contributed by atoms with E-state index in [4.69, 9.17) is 5.26 Å². The van der Waals surface area contributed by atoms with Gasteiger partial charge in [0.15, 0.2) is 0 Å². The van der Waals surface area contributed by atoms with Crippen molar-refractivity contribution in [2.24, 2.45) is 5.41 Å². The minimum Gasteiger partial charge on any atom is -0.341 e. The van der Waals surface area contributed by atoms with Gasteiger partial charge in [0.2, 0.25) is 5.91 Å². The number of rotatable bonds is 5. The van der Waals surface area contributed by atoms with Crippen LogP contribution in [0.25, 0.3) is 0 Å². The highest BCUT2D eigenvalue weighted by Crippen LogP contribution is 2.46. The second-order valence-corrected chi connectivity index (χ2v) is 3.99. The molecule has 0 bridgehead atoms. The van der Waals surface area contributed by atoms with E-state index in [1.165, 1.54) is 0 Å². The predicted molar refractivity (Wildman–Crippen MR) is 54.4 cm³/mol. The Morgan fingerprint density at radius 1 is 1.36 bits per heavy atom. The van der Waals surface area contributed by atoms with E-state index in [9.17, 15) is 4.79 Å². The Hall–Kier alpha value is -1.04. The van der Waals surface area contributed by atoms with E-state index in [2.05, 4.69) is 19.9 Å². The van der Waals surface area contributed by atoms with Gasteiger partial charge in [0.1, 0.15) is 5.41 Å². The van der Waals surface area contributed by atoms with Crippen molar-refractivity contribution in [1.82, 2.24) is 4.90 Å². The molecule has 0 N–H and O–H groups in total. The highest BCUT2D eigenvalue weighted by atomic mass is 16.2. The minimum absolute atomic E-state index is 0.0590. The molecule has 1 aliphatic rings. The molecule has 0 unspecified atom stereocenters. The van der Waals surface area contributed by atoms with Gasteiger partial charge in [0.25, 0.3) is 0 Å². The zero-order valence-electron chi connectivity index (χ0n) is 9.05. The van der Waals surface area contributed by atoms with Crippen LogP contribution >= 0.6 is 0 Å². The lowest BCUT2D eigenvalue weighted by Gasteiger charge is -2.23. The molecule has 0 heterocycles. The first-order chi connectivity index (χ1) is 6.70. The summed E-state index contributed by atoms with van der Waals surface area (Å²) in [4.78, 5) is 13.8. The van der Waals surface area contributed by atoms with Crippen LogP contribution in [0.15, 0.2) is 0 Å². The van der Waals surface area contributed by atoms with E-state index in [1.54, 1.807) is 0 Å². The Bertz CT molecular complexity index is 245. The summed E-state index contributed by atoms with van der Waals surface area (Å²) in [6, 6.07) is 2.16. The van der Waals surface area contributed by atoms with Gasteiger partial charge in [-0.1, -0.05) is 13.8 Å². The van der Waals surface area contributed by atoms with Crippen molar-refractivity contribution in [2.45, 2.75) is 39.5 Å². The van der Waals surface area contributed by atoms with E-state index >= 15 is 0 Å². The third-order valence-corrected chi connectivity index (χ3v) is 2.65. The second kappa shape index (κ2) is 4.45. The van der Waals surface area contributed by atoms with Crippen LogP contribution in [-0.2, 0) is 4.79 Å². The summed E-state index contributed by atoms with van der Waals surface area (Å²) in [5, 5.41) is 8.91. The summed E-state index contributed by atoms with van der Waals surface area (Å²) in [6.07, 6.45) is 3.44. The first kappa shape index (κ1) is 11.0. The van der Waals surface area contributed by atoms with Gasteiger partial charge in [0.05, 0.1) is 6.07 Å². The van der Waals surface area contributed by atoms with Gasteiger partial charge in [-0.2, -0.15) is 5.26 Å². The van der Waals surface area contributed by atoms with Crippen molar-refractivity contribution in [3.05, 3.63) is 0 Å². The molecule has 1 saturated carbocycles. The Labute approximate surface area is 85.7 Å². The van der Waals surface area contributed by atoms with Crippen molar-refractivity contribution in [1.29, 1.82) is 5.26 Å². The molecular weight excluding hydrogens is 176 g/mol. The zero-order valence-corrected chi connectivity index (χ0v) is 9.05. The number of nitriles is 1. The van der Waals surface area contributed by atoms with E-state index in [1.807, 2.05) is 4.90 Å². The molecule has 0 atom stereocenters. The molecule has 1 amide bonds. The van der Waals surface area contributed by atoms with Gasteiger partial charge in [-0.15, -0.1) is 0 Å². The lowest BCUT2D eigenvalue weighted by Crippen LogP contribution is -2.37. The fourth-order valence-electron chi connectivity index (χ4n) is 1.66. The van der Waals surface area contributed by atoms with Crippen molar-refractivity contribution in [3.8, 4) is 6.07 Å². The summed E-state index contributed by atoms with van der Waals surface area (Å²) in [6.45, 7) is 5.69. The standard InChI is InChI=1S/C11H18N2O/c1-3-7-13(8-4-2)10(14)11(9-12)5-6-11/h3-8H2,1-2H3. The van der Waals surface area contributed by atoms with Gasteiger partial charge >= 0.3 is 0 Å². The van der Waals surface area contributed by atoms with Gasteiger partial charge in [-0.25, -0.2) is 0 Å². The van der Waals surface area contributed by atoms with Crippen LogP contribution in [0.1, 0.15) is 39.5 Å². The molecule has 1 rings (SSSR count). The van der Waals surface area contributed by atoms with E-state index in [-0.39, 0.29) is 5.91 Å². The number of carbonyl (C=O) groups is 1. The van der Waals surface area contributed by atoms with Crippen LogP contribution in [0.3, 0.4) is 0 Å². The predicted octanol–water partition coefficient (Wildman–Crippen LogP) is 1.94. The third-order valence-electron chi connectivity index (χ3n) is 2.65. The minimum atomic E-state index is -0.635. The monoisotopic (exact) mass is 194 g/mol. The maximum absolute atomic E-state index is 11.9. The van der Waals surface area contributed by atoms with Crippen molar-refractivity contribution >= 4 is 5.91 Å². The highest BCUT2D eigenvalue weighted by molar-refractivity contribution is 5.88. The maximum atomic E-state index is 11.9. The Kier molecular flexibility index (Phi) is 3.51. The molecule has 0 saturated heterocycles. The number of amides is 1. The molecule has 0 aliphatic heterocycles. The summed E-state index contributed by atoms with van der Waals surface area (Å²) in [7, 11) is 0. The normalized spacial score (nSPS) is 17.2. The molecule has 1 fully saturated rings. The maximum Gasteiger partial charge on any atom is 0.243 e. The fourth-order valence-corrected chi connectivity index (χ4v) is 1.66. The number of hydrogen-bond donors (Lipinski definition) is 0. The SMILES string of the molecule is CCCN(CCC)C(=O)C1(C#N)CC1. The highest BCUT2D eigenvalue weighted by Gasteiger charge is 2.52. The van der Waals surface area contributed by atoms with Gasteiger partial charge in [-0.05, 0) is 25.7 Å². The Balaban J connectivity index is 2.60. The molecule has 3 heteroatoms. The van der Waals surface area contributed by atoms with Crippen LogP contribution in [0, 0.1) is 16.7 Å². The lowest BCUT2D eigenvalue weighted by atomic mass is 10.1.